The van der Waals surface area contributed by atoms with Crippen LogP contribution in [0.3, 0.4) is 0 Å². The van der Waals surface area contributed by atoms with Crippen LogP contribution in [0, 0.1) is 0 Å². The van der Waals surface area contributed by atoms with Crippen molar-refractivity contribution >= 4 is 21.8 Å². The third kappa shape index (κ3) is 3.94. The van der Waals surface area contributed by atoms with E-state index in [1.165, 1.54) is 0 Å². The van der Waals surface area contributed by atoms with Crippen LogP contribution in [-0.4, -0.2) is 43.7 Å². The number of rotatable bonds is 4. The van der Waals surface area contributed by atoms with Crippen molar-refractivity contribution in [3.63, 3.8) is 0 Å². The van der Waals surface area contributed by atoms with Gasteiger partial charge in [-0.15, -0.1) is 0 Å². The number of hydrogen-bond donors (Lipinski definition) is 1. The van der Waals surface area contributed by atoms with Crippen molar-refractivity contribution in [1.29, 1.82) is 0 Å². The van der Waals surface area contributed by atoms with Gasteiger partial charge in [0.2, 0.25) is 0 Å². The summed E-state index contributed by atoms with van der Waals surface area (Å²) >= 11 is 3.40. The molecule has 0 radical (unpaired) electrons. The molecule has 1 aliphatic rings. The number of morpholine rings is 1. The smallest absolute Gasteiger partial charge is 0.260 e. The normalized spacial score (nSPS) is 16.9. The fraction of sp³-hybridized carbons (Fsp3) is 0.500. The van der Waals surface area contributed by atoms with Gasteiger partial charge in [0.25, 0.3) is 5.91 Å². The van der Waals surface area contributed by atoms with Crippen molar-refractivity contribution in [1.82, 2.24) is 4.90 Å². The van der Waals surface area contributed by atoms with Crippen molar-refractivity contribution in [2.45, 2.75) is 13.0 Å². The quantitative estimate of drug-likeness (QED) is 0.904. The number of benzene rings is 1. The number of nitrogens with two attached hydrogens (primary N) is 1. The Kier molecular flexibility index (Phi) is 5.39. The molecule has 1 heterocycles. The van der Waals surface area contributed by atoms with Gasteiger partial charge in [0.05, 0.1) is 13.2 Å². The van der Waals surface area contributed by atoms with E-state index in [0.717, 1.165) is 10.0 Å². The molecule has 1 amide bonds. The zero-order valence-corrected chi connectivity index (χ0v) is 13.1. The van der Waals surface area contributed by atoms with E-state index in [9.17, 15) is 4.79 Å². The number of halogens is 1. The zero-order chi connectivity index (χ0) is 14.5. The second-order valence-corrected chi connectivity index (χ2v) is 5.67. The fourth-order valence-electron chi connectivity index (χ4n) is 2.05. The molecule has 0 aliphatic carbocycles. The van der Waals surface area contributed by atoms with E-state index in [1.807, 2.05) is 25.1 Å². The largest absolute Gasteiger partial charge is 0.483 e. The van der Waals surface area contributed by atoms with Crippen molar-refractivity contribution in [2.75, 3.05) is 32.9 Å². The average molecular weight is 343 g/mol. The zero-order valence-electron chi connectivity index (χ0n) is 11.5. The Morgan fingerprint density at radius 1 is 1.50 bits per heavy atom. The number of amides is 1. The van der Waals surface area contributed by atoms with Crippen LogP contribution < -0.4 is 10.5 Å². The summed E-state index contributed by atoms with van der Waals surface area (Å²) in [6.45, 7) is 4.35. The lowest BCUT2D eigenvalue weighted by Gasteiger charge is -2.27. The van der Waals surface area contributed by atoms with Gasteiger partial charge in [-0.25, -0.2) is 0 Å². The standard InChI is InChI=1S/C14H19BrN2O3/c1-10(16)12-3-2-11(15)8-13(12)20-9-14(18)17-4-6-19-7-5-17/h2-3,8,10H,4-7,9,16H2,1H3. The molecular weight excluding hydrogens is 324 g/mol. The van der Waals surface area contributed by atoms with Crippen LogP contribution in [-0.2, 0) is 9.53 Å². The van der Waals surface area contributed by atoms with Crippen LogP contribution in [0.5, 0.6) is 5.75 Å². The van der Waals surface area contributed by atoms with Crippen LogP contribution in [0.1, 0.15) is 18.5 Å². The van der Waals surface area contributed by atoms with Crippen LogP contribution in [0.4, 0.5) is 0 Å². The molecule has 1 atom stereocenters. The molecule has 1 fully saturated rings. The molecule has 0 saturated carbocycles. The third-order valence-electron chi connectivity index (χ3n) is 3.18. The Hall–Kier alpha value is -1.11. The minimum Gasteiger partial charge on any atom is -0.483 e. The summed E-state index contributed by atoms with van der Waals surface area (Å²) in [6, 6.07) is 5.51. The van der Waals surface area contributed by atoms with Gasteiger partial charge in [-0.1, -0.05) is 22.0 Å². The lowest BCUT2D eigenvalue weighted by Crippen LogP contribution is -2.43. The lowest BCUT2D eigenvalue weighted by molar-refractivity contribution is -0.137. The van der Waals surface area contributed by atoms with Crippen LogP contribution in [0.15, 0.2) is 22.7 Å². The Morgan fingerprint density at radius 3 is 2.85 bits per heavy atom. The molecule has 20 heavy (non-hydrogen) atoms. The molecule has 0 aromatic heterocycles. The highest BCUT2D eigenvalue weighted by molar-refractivity contribution is 9.10. The fourth-order valence-corrected chi connectivity index (χ4v) is 2.39. The van der Waals surface area contributed by atoms with Gasteiger partial charge in [0.15, 0.2) is 6.61 Å². The van der Waals surface area contributed by atoms with E-state index in [1.54, 1.807) is 4.90 Å². The molecule has 2 N–H and O–H groups in total. The van der Waals surface area contributed by atoms with Crippen LogP contribution in [0.25, 0.3) is 0 Å². The predicted molar refractivity (Wildman–Crippen MR) is 79.6 cm³/mol. The van der Waals surface area contributed by atoms with E-state index in [2.05, 4.69) is 15.9 Å². The van der Waals surface area contributed by atoms with E-state index < -0.39 is 0 Å². The van der Waals surface area contributed by atoms with Crippen molar-refractivity contribution in [3.8, 4) is 5.75 Å². The predicted octanol–water partition coefficient (Wildman–Crippen LogP) is 1.71. The number of carbonyl (C=O) groups is 1. The van der Waals surface area contributed by atoms with Gasteiger partial charge in [-0.05, 0) is 19.1 Å². The second-order valence-electron chi connectivity index (χ2n) is 4.75. The van der Waals surface area contributed by atoms with E-state index in [4.69, 9.17) is 15.2 Å². The second kappa shape index (κ2) is 7.06. The van der Waals surface area contributed by atoms with Gasteiger partial charge in [-0.3, -0.25) is 4.79 Å². The Balaban J connectivity index is 1.99. The molecule has 0 bridgehead atoms. The minimum atomic E-state index is -0.142. The maximum atomic E-state index is 12.0. The molecule has 0 spiro atoms. The first-order valence-electron chi connectivity index (χ1n) is 6.61. The van der Waals surface area contributed by atoms with E-state index in [0.29, 0.717) is 32.1 Å². The molecule has 2 rings (SSSR count). The third-order valence-corrected chi connectivity index (χ3v) is 3.67. The highest BCUT2D eigenvalue weighted by atomic mass is 79.9. The SMILES string of the molecule is CC(N)c1ccc(Br)cc1OCC(=O)N1CCOCC1. The van der Waals surface area contributed by atoms with Crippen molar-refractivity contribution in [3.05, 3.63) is 28.2 Å². The van der Waals surface area contributed by atoms with E-state index in [-0.39, 0.29) is 18.6 Å². The number of nitrogens with zero attached hydrogens (tertiary/aromatic N) is 1. The first-order chi connectivity index (χ1) is 9.58. The molecule has 6 heteroatoms. The summed E-state index contributed by atoms with van der Waals surface area (Å²) < 4.78 is 11.8. The van der Waals surface area contributed by atoms with Crippen LogP contribution >= 0.6 is 15.9 Å². The van der Waals surface area contributed by atoms with Gasteiger partial charge < -0.3 is 20.1 Å². The topological polar surface area (TPSA) is 64.8 Å². The summed E-state index contributed by atoms with van der Waals surface area (Å²) in [5.74, 6) is 0.625. The van der Waals surface area contributed by atoms with Gasteiger partial charge >= 0.3 is 0 Å². The maximum absolute atomic E-state index is 12.0. The average Bonchev–Trinajstić information content (AvgIpc) is 2.45. The molecule has 1 aromatic carbocycles. The number of hydrogen-bond acceptors (Lipinski definition) is 4. The first-order valence-corrected chi connectivity index (χ1v) is 7.40. The van der Waals surface area contributed by atoms with Crippen LogP contribution in [0.2, 0.25) is 0 Å². The van der Waals surface area contributed by atoms with Crippen molar-refractivity contribution < 1.29 is 14.3 Å². The number of ether oxygens (including phenoxy) is 2. The Bertz CT molecular complexity index is 473. The molecule has 1 saturated heterocycles. The molecule has 5 nitrogen and oxygen atoms in total. The van der Waals surface area contributed by atoms with Gasteiger partial charge in [0, 0.05) is 29.2 Å². The summed E-state index contributed by atoms with van der Waals surface area (Å²) in [5.41, 5.74) is 6.80. The molecule has 1 aliphatic heterocycles. The minimum absolute atomic E-state index is 0.0240. The molecule has 110 valence electrons. The Morgan fingerprint density at radius 2 is 2.20 bits per heavy atom. The molecular formula is C14H19BrN2O3. The summed E-state index contributed by atoms with van der Waals surface area (Å²) in [6.07, 6.45) is 0. The monoisotopic (exact) mass is 342 g/mol. The molecule has 1 unspecified atom stereocenters. The summed E-state index contributed by atoms with van der Waals surface area (Å²) in [7, 11) is 0. The van der Waals surface area contributed by atoms with E-state index >= 15 is 0 Å². The number of carbonyl (C=O) groups excluding carboxylic acids is 1. The highest BCUT2D eigenvalue weighted by Gasteiger charge is 2.18. The highest BCUT2D eigenvalue weighted by Crippen LogP contribution is 2.27. The maximum Gasteiger partial charge on any atom is 0.260 e. The molecule has 1 aromatic rings. The van der Waals surface area contributed by atoms with Gasteiger partial charge in [0.1, 0.15) is 5.75 Å². The van der Waals surface area contributed by atoms with Crippen molar-refractivity contribution in [2.24, 2.45) is 5.73 Å². The lowest BCUT2D eigenvalue weighted by atomic mass is 10.1. The Labute approximate surface area is 127 Å². The van der Waals surface area contributed by atoms with Gasteiger partial charge in [-0.2, -0.15) is 0 Å². The summed E-state index contributed by atoms with van der Waals surface area (Å²) in [5, 5.41) is 0. The summed E-state index contributed by atoms with van der Waals surface area (Å²) in [4.78, 5) is 13.8. The first kappa shape index (κ1) is 15.3.